The van der Waals surface area contributed by atoms with Gasteiger partial charge in [-0.1, -0.05) is 74.6 Å². The normalized spacial score (nSPS) is 14.0. The van der Waals surface area contributed by atoms with Crippen molar-refractivity contribution in [2.45, 2.75) is 93.7 Å². The summed E-state index contributed by atoms with van der Waals surface area (Å²) in [5, 5.41) is 36.4. The molecule has 20 heteroatoms. The molecule has 1 fully saturated rings. The molecule has 6 rings (SSSR count). The Kier molecular flexibility index (Phi) is 20.6. The lowest BCUT2D eigenvalue weighted by Gasteiger charge is -2.28. The summed E-state index contributed by atoms with van der Waals surface area (Å²) in [6, 6.07) is 28.2. The van der Waals surface area contributed by atoms with E-state index in [4.69, 9.17) is 0 Å². The van der Waals surface area contributed by atoms with Crippen LogP contribution < -0.4 is 36.8 Å². The van der Waals surface area contributed by atoms with Gasteiger partial charge in [0.05, 0.1) is 11.4 Å². The van der Waals surface area contributed by atoms with Crippen LogP contribution in [-0.4, -0.2) is 105 Å². The van der Waals surface area contributed by atoms with Gasteiger partial charge in [0.15, 0.2) is 0 Å². The van der Waals surface area contributed by atoms with E-state index in [-0.39, 0.29) is 55.6 Å². The summed E-state index contributed by atoms with van der Waals surface area (Å²) in [7, 11) is -0.586. The predicted octanol–water partition coefficient (Wildman–Crippen LogP) is 7.30. The van der Waals surface area contributed by atoms with Crippen molar-refractivity contribution in [1.29, 1.82) is 0 Å². The average molecular weight is 1030 g/mol. The third kappa shape index (κ3) is 16.9. The Balaban J connectivity index is 1.05. The fourth-order valence-corrected chi connectivity index (χ4v) is 9.41. The molecule has 5 aromatic carbocycles. The van der Waals surface area contributed by atoms with Crippen LogP contribution in [0.3, 0.4) is 0 Å². The third-order valence-electron chi connectivity index (χ3n) is 12.8. The zero-order chi connectivity index (χ0) is 53.0. The molecule has 0 aromatic heterocycles. The number of fused-ring (bicyclic) bond motifs is 1. The Morgan fingerprint density at radius 2 is 1.24 bits per heavy atom. The summed E-state index contributed by atoms with van der Waals surface area (Å²) in [5.74, 6) is -3.93. The molecule has 1 aliphatic carbocycles. The molecule has 1 saturated carbocycles. The lowest BCUT2D eigenvalue weighted by molar-refractivity contribution is -0.142. The van der Waals surface area contributed by atoms with Crippen LogP contribution in [-0.2, 0) is 29.3 Å². The number of nitrogens with zero attached hydrogens (tertiary/aromatic N) is 3. The molecule has 8 N–H and O–H groups in total. The first-order valence-electron chi connectivity index (χ1n) is 24.8. The fraction of sp³-hybridized carbons (Fsp3) is 0.370. The first-order valence-corrected chi connectivity index (χ1v) is 26.3. The summed E-state index contributed by atoms with van der Waals surface area (Å²) in [5.41, 5.74) is 3.58. The first-order chi connectivity index (χ1) is 35.5. The van der Waals surface area contributed by atoms with Gasteiger partial charge in [0.25, 0.3) is 21.9 Å². The zero-order valence-electron chi connectivity index (χ0n) is 41.6. The van der Waals surface area contributed by atoms with Crippen LogP contribution in [0.4, 0.5) is 22.7 Å². The van der Waals surface area contributed by atoms with E-state index in [0.29, 0.717) is 58.2 Å². The molecule has 0 heterocycles. The number of rotatable bonds is 26. The maximum absolute atomic E-state index is 14.2. The number of amides is 5. The molecule has 0 radical (unpaired) electrons. The van der Waals surface area contributed by atoms with E-state index in [1.807, 2.05) is 43.3 Å². The van der Waals surface area contributed by atoms with Crippen LogP contribution in [0.25, 0.3) is 10.8 Å². The molecular weight excluding hydrogens is 967 g/mol. The van der Waals surface area contributed by atoms with Gasteiger partial charge in [0, 0.05) is 73.4 Å². The van der Waals surface area contributed by atoms with Crippen molar-refractivity contribution in [1.82, 2.24) is 26.6 Å². The van der Waals surface area contributed by atoms with Gasteiger partial charge in [-0.05, 0) is 111 Å². The molecule has 0 spiro atoms. The molecule has 5 amide bonds. The second kappa shape index (κ2) is 27.4. The number of benzene rings is 5. The van der Waals surface area contributed by atoms with Gasteiger partial charge in [0.1, 0.15) is 23.0 Å². The topological polar surface area (TPSA) is 277 Å². The Hall–Kier alpha value is -7.71. The number of carbonyl (C=O) groups is 6. The van der Waals surface area contributed by atoms with Gasteiger partial charge >= 0.3 is 5.97 Å². The number of carbonyl (C=O) groups excluding carboxylic acids is 5. The van der Waals surface area contributed by atoms with Crippen LogP contribution in [0.5, 0.6) is 0 Å². The van der Waals surface area contributed by atoms with E-state index in [0.717, 1.165) is 37.8 Å². The molecule has 392 valence electrons. The number of nitrogens with one attached hydrogen (secondary N) is 6. The summed E-state index contributed by atoms with van der Waals surface area (Å²) in [6.45, 7) is 0.546. The van der Waals surface area contributed by atoms with Gasteiger partial charge in [-0.2, -0.15) is 18.6 Å². The molecule has 0 bridgehead atoms. The van der Waals surface area contributed by atoms with Crippen LogP contribution >= 0.6 is 0 Å². The van der Waals surface area contributed by atoms with E-state index in [9.17, 15) is 46.8 Å². The van der Waals surface area contributed by atoms with E-state index in [2.05, 4.69) is 42.1 Å². The standard InChI is InChI=1S/C54H65N9O10S/c1-63(2)41-28-26-40(27-29-41)62-61-39-24-22-38(23-25-39)50(65)57-32-10-9-19-46(54(69)70)59-52(67)45(58-53(68)47(35-36-13-5-3-6-14-36)60-51(66)37-15-7-4-8-16-37)30-31-49(64)56-34-33-55-44-20-11-18-43-42(44)17-12-21-48(43)74(71,72)73/h4,7-8,11-12,15-18,20-29,36,45-47,55H,3,5-6,9-10,13-14,19,30-35H2,1-2H3,(H,56,64)(H,57,65)(H,58,68)(H,59,67)(H,60,66)(H,69,70)(H,71,72,73)/t45?,46-,47-/m0/s1. The quantitative estimate of drug-likeness (QED) is 0.0154. The number of anilines is 2. The zero-order valence-corrected chi connectivity index (χ0v) is 42.4. The van der Waals surface area contributed by atoms with Crippen LogP contribution in [0.2, 0.25) is 0 Å². The highest BCUT2D eigenvalue weighted by Crippen LogP contribution is 2.30. The number of unbranched alkanes of at least 4 members (excludes halogenated alkanes) is 1. The van der Waals surface area contributed by atoms with Crippen molar-refractivity contribution in [3.63, 3.8) is 0 Å². The lowest BCUT2D eigenvalue weighted by atomic mass is 9.84. The molecule has 0 aliphatic heterocycles. The maximum atomic E-state index is 14.2. The van der Waals surface area contributed by atoms with Gasteiger partial charge in [0.2, 0.25) is 17.7 Å². The Morgan fingerprint density at radius 1 is 0.622 bits per heavy atom. The second-order valence-electron chi connectivity index (χ2n) is 18.4. The Morgan fingerprint density at radius 3 is 1.91 bits per heavy atom. The number of carboxylic acid groups (broad SMARTS) is 1. The van der Waals surface area contributed by atoms with Crippen molar-refractivity contribution in [2.75, 3.05) is 43.9 Å². The molecule has 3 atom stereocenters. The first kappa shape index (κ1) is 55.6. The fourth-order valence-electron chi connectivity index (χ4n) is 8.70. The smallest absolute Gasteiger partial charge is 0.326 e. The molecule has 0 saturated heterocycles. The van der Waals surface area contributed by atoms with Gasteiger partial charge in [-0.15, -0.1) is 0 Å². The second-order valence-corrected chi connectivity index (χ2v) is 19.8. The Bertz CT molecular complexity index is 2860. The highest BCUT2D eigenvalue weighted by molar-refractivity contribution is 7.86. The van der Waals surface area contributed by atoms with Gasteiger partial charge in [-0.25, -0.2) is 4.79 Å². The number of azo groups is 1. The van der Waals surface area contributed by atoms with Gasteiger partial charge < -0.3 is 41.9 Å². The van der Waals surface area contributed by atoms with E-state index in [1.165, 1.54) is 12.1 Å². The van der Waals surface area contributed by atoms with Crippen molar-refractivity contribution in [3.8, 4) is 0 Å². The molecular formula is C54H65N9O10S. The number of carboxylic acids is 1. The maximum Gasteiger partial charge on any atom is 0.326 e. The van der Waals surface area contributed by atoms with E-state index in [1.54, 1.807) is 78.9 Å². The minimum absolute atomic E-state index is 0.00602. The molecule has 1 aliphatic rings. The molecule has 1 unspecified atom stereocenters. The van der Waals surface area contributed by atoms with E-state index >= 15 is 0 Å². The minimum atomic E-state index is -4.48. The third-order valence-corrected chi connectivity index (χ3v) is 13.7. The number of hydrogen-bond acceptors (Lipinski definition) is 12. The summed E-state index contributed by atoms with van der Waals surface area (Å²) in [6.07, 6.45) is 5.32. The van der Waals surface area contributed by atoms with Crippen molar-refractivity contribution in [3.05, 3.63) is 126 Å². The van der Waals surface area contributed by atoms with Crippen molar-refractivity contribution >= 4 is 79.1 Å². The van der Waals surface area contributed by atoms with Crippen molar-refractivity contribution in [2.24, 2.45) is 16.1 Å². The highest BCUT2D eigenvalue weighted by Gasteiger charge is 2.32. The van der Waals surface area contributed by atoms with E-state index < -0.39 is 57.8 Å². The summed E-state index contributed by atoms with van der Waals surface area (Å²) >= 11 is 0. The van der Waals surface area contributed by atoms with Gasteiger partial charge in [-0.3, -0.25) is 28.5 Å². The van der Waals surface area contributed by atoms with Crippen LogP contribution in [0.1, 0.15) is 91.3 Å². The monoisotopic (exact) mass is 1030 g/mol. The molecule has 74 heavy (non-hydrogen) atoms. The Labute approximate surface area is 431 Å². The highest BCUT2D eigenvalue weighted by atomic mass is 32.2. The van der Waals surface area contributed by atoms with Crippen LogP contribution in [0.15, 0.2) is 130 Å². The number of hydrogen-bond donors (Lipinski definition) is 8. The summed E-state index contributed by atoms with van der Waals surface area (Å²) < 4.78 is 33.6. The number of aliphatic carboxylic acids is 1. The average Bonchev–Trinajstić information content (AvgIpc) is 3.39. The summed E-state index contributed by atoms with van der Waals surface area (Å²) in [4.78, 5) is 82.0. The van der Waals surface area contributed by atoms with Crippen LogP contribution in [0, 0.1) is 5.92 Å². The largest absolute Gasteiger partial charge is 0.480 e. The minimum Gasteiger partial charge on any atom is -0.480 e. The van der Waals surface area contributed by atoms with Crippen molar-refractivity contribution < 1.29 is 46.8 Å². The molecule has 5 aromatic rings. The lowest BCUT2D eigenvalue weighted by Crippen LogP contribution is -2.56. The predicted molar refractivity (Wildman–Crippen MR) is 282 cm³/mol. The SMILES string of the molecule is CN(C)c1ccc(N=Nc2ccc(C(=O)NCCCC[C@H](NC(=O)C(CCC(=O)NCCNc3cccc4c(S(=O)(=O)O)cccc34)NC(=O)[C@H](CC3CCCCC3)NC(=O)c3ccccc3)C(=O)O)cc2)cc1. The molecule has 19 nitrogen and oxygen atoms in total.